The Bertz CT molecular complexity index is 294. The minimum atomic E-state index is -0.131. The Morgan fingerprint density at radius 1 is 0.800 bits per heavy atom. The Kier molecular flexibility index (Phi) is 4.80. The largest absolute Gasteiger partial charge is 0.370 e. The second-order valence-corrected chi connectivity index (χ2v) is 7.13. The van der Waals surface area contributed by atoms with Crippen LogP contribution < -0.4 is 0 Å². The molecule has 4 heteroatoms. The molecule has 0 aromatic rings. The molecule has 0 bridgehead atoms. The summed E-state index contributed by atoms with van der Waals surface area (Å²) in [6.07, 6.45) is 2.02. The third kappa shape index (κ3) is 3.53. The Labute approximate surface area is 123 Å². The van der Waals surface area contributed by atoms with Crippen LogP contribution in [0.4, 0.5) is 0 Å². The topological polar surface area (TPSA) is 36.9 Å². The molecule has 0 aromatic carbocycles. The first kappa shape index (κ1) is 16.2. The summed E-state index contributed by atoms with van der Waals surface area (Å²) in [5.74, 6) is 0. The summed E-state index contributed by atoms with van der Waals surface area (Å²) in [5.41, 5.74) is -0.262. The third-order valence-electron chi connectivity index (χ3n) is 4.61. The molecule has 0 spiro atoms. The summed E-state index contributed by atoms with van der Waals surface area (Å²) in [4.78, 5) is 0. The van der Waals surface area contributed by atoms with E-state index in [2.05, 4.69) is 41.5 Å². The number of ether oxygens (including phenoxy) is 4. The van der Waals surface area contributed by atoms with Gasteiger partial charge in [-0.05, 0) is 40.5 Å². The average molecular weight is 286 g/mol. The molecule has 20 heavy (non-hydrogen) atoms. The maximum Gasteiger partial charge on any atom is 0.115 e. The maximum absolute atomic E-state index is 6.16. The molecule has 0 amide bonds. The highest BCUT2D eigenvalue weighted by Gasteiger charge is 2.51. The third-order valence-corrected chi connectivity index (χ3v) is 4.61. The van der Waals surface area contributed by atoms with Crippen LogP contribution >= 0.6 is 0 Å². The van der Waals surface area contributed by atoms with Gasteiger partial charge in [0.2, 0.25) is 0 Å². The fourth-order valence-corrected chi connectivity index (χ4v) is 2.62. The molecule has 2 saturated heterocycles. The van der Waals surface area contributed by atoms with Crippen LogP contribution in [0.5, 0.6) is 0 Å². The van der Waals surface area contributed by atoms with E-state index in [-0.39, 0.29) is 35.6 Å². The van der Waals surface area contributed by atoms with E-state index >= 15 is 0 Å². The van der Waals surface area contributed by atoms with E-state index in [0.717, 1.165) is 12.8 Å². The highest BCUT2D eigenvalue weighted by atomic mass is 16.6. The zero-order chi connectivity index (χ0) is 15.0. The minimum absolute atomic E-state index is 0.0125. The molecular formula is C16H30O4. The van der Waals surface area contributed by atoms with E-state index in [1.54, 1.807) is 0 Å². The number of fused-ring (bicyclic) bond motifs is 1. The standard InChI is InChI=1S/C16H30O4/c1-7-15(3,4)19-11-9-17-14-12(10-18-13(11)14)20-16(5,6)8-2/h11-14H,7-10H2,1-6H3. The van der Waals surface area contributed by atoms with Crippen LogP contribution in [0.3, 0.4) is 0 Å². The van der Waals surface area contributed by atoms with Gasteiger partial charge in [0.05, 0.1) is 24.4 Å². The van der Waals surface area contributed by atoms with Gasteiger partial charge in [-0.3, -0.25) is 0 Å². The van der Waals surface area contributed by atoms with E-state index in [4.69, 9.17) is 18.9 Å². The lowest BCUT2D eigenvalue weighted by Gasteiger charge is -2.30. The van der Waals surface area contributed by atoms with Crippen LogP contribution in [0.15, 0.2) is 0 Å². The van der Waals surface area contributed by atoms with Crippen molar-refractivity contribution in [3.63, 3.8) is 0 Å². The Morgan fingerprint density at radius 3 is 1.45 bits per heavy atom. The van der Waals surface area contributed by atoms with Gasteiger partial charge in [-0.1, -0.05) is 13.8 Å². The number of rotatable bonds is 6. The second-order valence-electron chi connectivity index (χ2n) is 7.13. The molecule has 4 atom stereocenters. The lowest BCUT2D eigenvalue weighted by molar-refractivity contribution is -0.126. The summed E-state index contributed by atoms with van der Waals surface area (Å²) in [6, 6.07) is 0. The van der Waals surface area contributed by atoms with Gasteiger partial charge in [-0.15, -0.1) is 0 Å². The van der Waals surface area contributed by atoms with Crippen LogP contribution in [-0.4, -0.2) is 48.8 Å². The van der Waals surface area contributed by atoms with Gasteiger partial charge in [0.1, 0.15) is 24.4 Å². The molecule has 0 saturated carbocycles. The van der Waals surface area contributed by atoms with E-state index < -0.39 is 0 Å². The van der Waals surface area contributed by atoms with Gasteiger partial charge in [0.15, 0.2) is 0 Å². The van der Waals surface area contributed by atoms with Crippen LogP contribution in [-0.2, 0) is 18.9 Å². The van der Waals surface area contributed by atoms with Crippen LogP contribution in [0, 0.1) is 0 Å². The van der Waals surface area contributed by atoms with Gasteiger partial charge in [-0.25, -0.2) is 0 Å². The summed E-state index contributed by atoms with van der Waals surface area (Å²) < 4.78 is 24.1. The molecular weight excluding hydrogens is 256 g/mol. The van der Waals surface area contributed by atoms with Crippen molar-refractivity contribution >= 4 is 0 Å². The number of hydrogen-bond acceptors (Lipinski definition) is 4. The summed E-state index contributed by atoms with van der Waals surface area (Å²) in [7, 11) is 0. The Balaban J connectivity index is 1.94. The molecule has 0 N–H and O–H groups in total. The first-order valence-corrected chi connectivity index (χ1v) is 7.87. The van der Waals surface area contributed by atoms with Gasteiger partial charge in [0, 0.05) is 0 Å². The first-order valence-electron chi connectivity index (χ1n) is 7.87. The van der Waals surface area contributed by atoms with Crippen molar-refractivity contribution in [1.29, 1.82) is 0 Å². The predicted octanol–water partition coefficient (Wildman–Crippen LogP) is 2.93. The summed E-state index contributed by atoms with van der Waals surface area (Å²) in [5, 5.41) is 0. The molecule has 2 heterocycles. The zero-order valence-electron chi connectivity index (χ0n) is 13.8. The van der Waals surface area contributed by atoms with Crippen molar-refractivity contribution in [2.75, 3.05) is 13.2 Å². The normalized spacial score (nSPS) is 34.5. The molecule has 4 nitrogen and oxygen atoms in total. The molecule has 4 unspecified atom stereocenters. The Hall–Kier alpha value is -0.160. The molecule has 0 aliphatic carbocycles. The van der Waals surface area contributed by atoms with Crippen molar-refractivity contribution in [3.8, 4) is 0 Å². The zero-order valence-corrected chi connectivity index (χ0v) is 13.8. The van der Waals surface area contributed by atoms with E-state index in [1.165, 1.54) is 0 Å². The first-order chi connectivity index (χ1) is 9.28. The van der Waals surface area contributed by atoms with E-state index in [1.807, 2.05) is 0 Å². The van der Waals surface area contributed by atoms with Crippen molar-refractivity contribution in [2.24, 2.45) is 0 Å². The number of hydrogen-bond donors (Lipinski definition) is 0. The monoisotopic (exact) mass is 286 g/mol. The molecule has 2 aliphatic heterocycles. The molecule has 2 rings (SSSR count). The van der Waals surface area contributed by atoms with Gasteiger partial charge in [-0.2, -0.15) is 0 Å². The van der Waals surface area contributed by atoms with Crippen molar-refractivity contribution < 1.29 is 18.9 Å². The highest BCUT2D eigenvalue weighted by molar-refractivity contribution is 4.97. The van der Waals surface area contributed by atoms with Gasteiger partial charge in [0.25, 0.3) is 0 Å². The minimum Gasteiger partial charge on any atom is -0.370 e. The van der Waals surface area contributed by atoms with Crippen molar-refractivity contribution in [2.45, 2.75) is 90.0 Å². The molecule has 2 aliphatic rings. The smallest absolute Gasteiger partial charge is 0.115 e. The maximum atomic E-state index is 6.16. The Morgan fingerprint density at radius 2 is 1.15 bits per heavy atom. The molecule has 118 valence electrons. The van der Waals surface area contributed by atoms with Gasteiger partial charge >= 0.3 is 0 Å². The second kappa shape index (κ2) is 5.91. The highest BCUT2D eigenvalue weighted by Crippen LogP contribution is 2.35. The fraction of sp³-hybridized carbons (Fsp3) is 1.00. The van der Waals surface area contributed by atoms with Crippen molar-refractivity contribution in [1.82, 2.24) is 0 Å². The quantitative estimate of drug-likeness (QED) is 0.752. The van der Waals surface area contributed by atoms with E-state index in [0.29, 0.717) is 13.2 Å². The predicted molar refractivity (Wildman–Crippen MR) is 78.0 cm³/mol. The van der Waals surface area contributed by atoms with E-state index in [9.17, 15) is 0 Å². The lowest BCUT2D eigenvalue weighted by atomic mass is 10.0. The van der Waals surface area contributed by atoms with Crippen LogP contribution in [0.25, 0.3) is 0 Å². The van der Waals surface area contributed by atoms with Crippen LogP contribution in [0.2, 0.25) is 0 Å². The molecule has 0 aromatic heterocycles. The summed E-state index contributed by atoms with van der Waals surface area (Å²) >= 11 is 0. The summed E-state index contributed by atoms with van der Waals surface area (Å²) in [6.45, 7) is 13.9. The van der Waals surface area contributed by atoms with Crippen molar-refractivity contribution in [3.05, 3.63) is 0 Å². The molecule has 0 radical (unpaired) electrons. The van der Waals surface area contributed by atoms with Gasteiger partial charge < -0.3 is 18.9 Å². The molecule has 2 fully saturated rings. The van der Waals surface area contributed by atoms with Crippen LogP contribution in [0.1, 0.15) is 54.4 Å². The average Bonchev–Trinajstić information content (AvgIpc) is 2.94. The SMILES string of the molecule is CCC(C)(C)OC1COC2C(OC(C)(C)CC)COC12. The fourth-order valence-electron chi connectivity index (χ4n) is 2.62. The lowest BCUT2D eigenvalue weighted by Crippen LogP contribution is -2.40.